The molecule has 3 N–H and O–H groups in total. The molecule has 0 spiro atoms. The van der Waals surface area contributed by atoms with E-state index < -0.39 is 5.97 Å². The van der Waals surface area contributed by atoms with Crippen molar-refractivity contribution in [3.8, 4) is 0 Å². The number of carboxylic acid groups (broad SMARTS) is 1. The van der Waals surface area contributed by atoms with E-state index >= 15 is 0 Å². The second kappa shape index (κ2) is 5.36. The number of hydrogen-bond donors (Lipinski definition) is 2. The van der Waals surface area contributed by atoms with Crippen LogP contribution in [0.2, 0.25) is 0 Å². The van der Waals surface area contributed by atoms with Crippen molar-refractivity contribution >= 4 is 12.0 Å². The topological polar surface area (TPSA) is 76.5 Å². The highest BCUT2D eigenvalue weighted by Crippen LogP contribution is 2.12. The van der Waals surface area contributed by atoms with Gasteiger partial charge in [0, 0.05) is 12.5 Å². The van der Waals surface area contributed by atoms with Gasteiger partial charge in [-0.25, -0.2) is 0 Å². The average Bonchev–Trinajstić information content (AvgIpc) is 2.66. The number of nitrogens with two attached hydrogens (primary N) is 1. The highest BCUT2D eigenvalue weighted by atomic mass is 16.4. The molecule has 0 amide bonds. The maximum atomic E-state index is 10.3. The molecule has 1 heterocycles. The lowest BCUT2D eigenvalue weighted by molar-refractivity contribution is -0.137. The molecule has 0 aromatic carbocycles. The van der Waals surface area contributed by atoms with E-state index in [0.717, 1.165) is 11.3 Å². The molecular weight excluding hydrogens is 194 g/mol. The van der Waals surface area contributed by atoms with Crippen LogP contribution in [-0.4, -0.2) is 17.1 Å². The molecule has 0 saturated heterocycles. The molecule has 1 unspecified atom stereocenters. The Bertz CT molecular complexity index is 341. The summed E-state index contributed by atoms with van der Waals surface area (Å²) in [7, 11) is 0. The highest BCUT2D eigenvalue weighted by molar-refractivity contribution is 5.66. The van der Waals surface area contributed by atoms with Crippen LogP contribution in [0.5, 0.6) is 0 Å². The Kier molecular flexibility index (Phi) is 4.12. The first kappa shape index (κ1) is 11.5. The van der Waals surface area contributed by atoms with Crippen molar-refractivity contribution < 1.29 is 14.3 Å². The predicted molar refractivity (Wildman–Crippen MR) is 57.2 cm³/mol. The SMILES string of the molecule is C/C(=C/c1ccco1)C(N)CCC(=O)O. The van der Waals surface area contributed by atoms with Gasteiger partial charge in [0.15, 0.2) is 0 Å². The van der Waals surface area contributed by atoms with Crippen LogP contribution in [0.4, 0.5) is 0 Å². The molecule has 0 aliphatic rings. The van der Waals surface area contributed by atoms with Gasteiger partial charge >= 0.3 is 5.97 Å². The Morgan fingerprint density at radius 1 is 1.73 bits per heavy atom. The van der Waals surface area contributed by atoms with Crippen molar-refractivity contribution in [2.75, 3.05) is 0 Å². The predicted octanol–water partition coefficient (Wildman–Crippen LogP) is 1.88. The summed E-state index contributed by atoms with van der Waals surface area (Å²) in [5.41, 5.74) is 6.73. The fraction of sp³-hybridized carbons (Fsp3) is 0.364. The molecule has 1 aromatic heterocycles. The zero-order valence-electron chi connectivity index (χ0n) is 8.64. The van der Waals surface area contributed by atoms with Crippen LogP contribution in [0.3, 0.4) is 0 Å². The standard InChI is InChI=1S/C11H15NO3/c1-8(7-9-3-2-6-15-9)10(12)4-5-11(13)14/h2-3,6-7,10H,4-5,12H2,1H3,(H,13,14)/b8-7-. The van der Waals surface area contributed by atoms with Crippen molar-refractivity contribution in [1.29, 1.82) is 0 Å². The Morgan fingerprint density at radius 3 is 3.00 bits per heavy atom. The minimum atomic E-state index is -0.823. The molecule has 1 aromatic rings. The van der Waals surface area contributed by atoms with Crippen molar-refractivity contribution in [3.05, 3.63) is 29.7 Å². The summed E-state index contributed by atoms with van der Waals surface area (Å²) in [6.45, 7) is 1.87. The summed E-state index contributed by atoms with van der Waals surface area (Å²) in [5.74, 6) is -0.0884. The molecule has 0 fully saturated rings. The first-order valence-electron chi connectivity index (χ1n) is 4.78. The van der Waals surface area contributed by atoms with Crippen molar-refractivity contribution in [2.45, 2.75) is 25.8 Å². The monoisotopic (exact) mass is 209 g/mol. The van der Waals surface area contributed by atoms with Crippen LogP contribution in [0, 0.1) is 0 Å². The minimum Gasteiger partial charge on any atom is -0.481 e. The second-order valence-electron chi connectivity index (χ2n) is 3.44. The molecule has 0 bridgehead atoms. The summed E-state index contributed by atoms with van der Waals surface area (Å²) in [6.07, 6.45) is 3.94. The lowest BCUT2D eigenvalue weighted by Crippen LogP contribution is -2.22. The van der Waals surface area contributed by atoms with Gasteiger partial charge in [-0.3, -0.25) is 4.79 Å². The van der Waals surface area contributed by atoms with Gasteiger partial charge < -0.3 is 15.3 Å². The summed E-state index contributed by atoms with van der Waals surface area (Å²) in [5, 5.41) is 8.51. The van der Waals surface area contributed by atoms with E-state index in [1.165, 1.54) is 0 Å². The van der Waals surface area contributed by atoms with Gasteiger partial charge in [-0.2, -0.15) is 0 Å². The van der Waals surface area contributed by atoms with Crippen molar-refractivity contribution in [2.24, 2.45) is 5.73 Å². The van der Waals surface area contributed by atoms with E-state index in [9.17, 15) is 4.79 Å². The number of furan rings is 1. The molecule has 0 saturated carbocycles. The van der Waals surface area contributed by atoms with Crippen LogP contribution in [0.25, 0.3) is 6.08 Å². The fourth-order valence-electron chi connectivity index (χ4n) is 1.21. The Morgan fingerprint density at radius 2 is 2.47 bits per heavy atom. The molecule has 15 heavy (non-hydrogen) atoms. The average molecular weight is 209 g/mol. The molecule has 0 aliphatic heterocycles. The Hall–Kier alpha value is -1.55. The molecule has 1 atom stereocenters. The first-order chi connectivity index (χ1) is 7.09. The van der Waals surface area contributed by atoms with Gasteiger partial charge in [-0.05, 0) is 31.6 Å². The van der Waals surface area contributed by atoms with Gasteiger partial charge in [0.05, 0.1) is 6.26 Å². The van der Waals surface area contributed by atoms with Crippen LogP contribution >= 0.6 is 0 Å². The lowest BCUT2D eigenvalue weighted by atomic mass is 10.0. The molecule has 4 nitrogen and oxygen atoms in total. The van der Waals surface area contributed by atoms with Gasteiger partial charge in [-0.1, -0.05) is 5.57 Å². The summed E-state index contributed by atoms with van der Waals surface area (Å²) in [6, 6.07) is 3.39. The molecule has 1 rings (SSSR count). The first-order valence-corrected chi connectivity index (χ1v) is 4.78. The number of carbonyl (C=O) groups is 1. The van der Waals surface area contributed by atoms with Crippen LogP contribution in [0.1, 0.15) is 25.5 Å². The highest BCUT2D eigenvalue weighted by Gasteiger charge is 2.07. The van der Waals surface area contributed by atoms with Gasteiger partial charge in [0.2, 0.25) is 0 Å². The summed E-state index contributed by atoms with van der Waals surface area (Å²) < 4.78 is 5.13. The quantitative estimate of drug-likeness (QED) is 0.776. The largest absolute Gasteiger partial charge is 0.481 e. The van der Waals surface area contributed by atoms with Gasteiger partial charge in [0.25, 0.3) is 0 Å². The van der Waals surface area contributed by atoms with Crippen LogP contribution in [-0.2, 0) is 4.79 Å². The number of aliphatic carboxylic acids is 1. The maximum absolute atomic E-state index is 10.3. The van der Waals surface area contributed by atoms with Crippen molar-refractivity contribution in [3.63, 3.8) is 0 Å². The number of carboxylic acids is 1. The Labute approximate surface area is 88.4 Å². The summed E-state index contributed by atoms with van der Waals surface area (Å²) in [4.78, 5) is 10.3. The number of hydrogen-bond acceptors (Lipinski definition) is 3. The van der Waals surface area contributed by atoms with E-state index in [1.807, 2.05) is 19.1 Å². The van der Waals surface area contributed by atoms with E-state index in [1.54, 1.807) is 12.3 Å². The number of rotatable bonds is 5. The third-order valence-electron chi connectivity index (χ3n) is 2.17. The van der Waals surface area contributed by atoms with Crippen molar-refractivity contribution in [1.82, 2.24) is 0 Å². The zero-order chi connectivity index (χ0) is 11.3. The third kappa shape index (κ3) is 3.99. The normalized spacial score (nSPS) is 13.9. The maximum Gasteiger partial charge on any atom is 0.303 e. The van der Waals surface area contributed by atoms with E-state index in [2.05, 4.69) is 0 Å². The van der Waals surface area contributed by atoms with E-state index in [0.29, 0.717) is 6.42 Å². The molecule has 0 aliphatic carbocycles. The third-order valence-corrected chi connectivity index (χ3v) is 2.17. The lowest BCUT2D eigenvalue weighted by Gasteiger charge is -2.09. The molecular formula is C11H15NO3. The molecule has 0 radical (unpaired) electrons. The van der Waals surface area contributed by atoms with E-state index in [4.69, 9.17) is 15.3 Å². The Balaban J connectivity index is 2.52. The molecule has 82 valence electrons. The fourth-order valence-corrected chi connectivity index (χ4v) is 1.21. The van der Waals surface area contributed by atoms with Crippen LogP contribution in [0.15, 0.2) is 28.4 Å². The second-order valence-corrected chi connectivity index (χ2v) is 3.44. The minimum absolute atomic E-state index is 0.0878. The zero-order valence-corrected chi connectivity index (χ0v) is 8.64. The van der Waals surface area contributed by atoms with Gasteiger partial charge in [0.1, 0.15) is 5.76 Å². The van der Waals surface area contributed by atoms with Gasteiger partial charge in [-0.15, -0.1) is 0 Å². The summed E-state index contributed by atoms with van der Waals surface area (Å²) >= 11 is 0. The van der Waals surface area contributed by atoms with Crippen LogP contribution < -0.4 is 5.73 Å². The smallest absolute Gasteiger partial charge is 0.303 e. The van der Waals surface area contributed by atoms with E-state index in [-0.39, 0.29) is 12.5 Å². The molecule has 4 heteroatoms.